The largest absolute Gasteiger partial charge is 0.309 e. The van der Waals surface area contributed by atoms with E-state index in [1.807, 2.05) is 31.4 Å². The zero-order chi connectivity index (χ0) is 18.4. The third-order valence-corrected chi connectivity index (χ3v) is 5.89. The molecule has 136 valence electrons. The first-order valence-corrected chi connectivity index (χ1v) is 9.72. The molecule has 0 bridgehead atoms. The lowest BCUT2D eigenvalue weighted by molar-refractivity contribution is -0.117. The molecule has 1 aliphatic carbocycles. The van der Waals surface area contributed by atoms with Gasteiger partial charge in [-0.15, -0.1) is 11.3 Å². The van der Waals surface area contributed by atoms with E-state index in [2.05, 4.69) is 26.6 Å². The Morgan fingerprint density at radius 2 is 2.19 bits per heavy atom. The highest BCUT2D eigenvalue weighted by atomic mass is 32.1. The van der Waals surface area contributed by atoms with Crippen molar-refractivity contribution >= 4 is 33.3 Å². The Labute approximate surface area is 159 Å². The molecule has 0 fully saturated rings. The summed E-state index contributed by atoms with van der Waals surface area (Å²) >= 11 is 1.63. The number of anilines is 1. The molecule has 3 heterocycles. The fourth-order valence-electron chi connectivity index (χ4n) is 3.55. The number of hydrogen-bond donors (Lipinski definition) is 1. The van der Waals surface area contributed by atoms with Gasteiger partial charge < -0.3 is 5.32 Å². The Morgan fingerprint density at radius 3 is 3.07 bits per heavy atom. The number of nitrogens with zero attached hydrogens (tertiary/aromatic N) is 5. The molecule has 0 saturated heterocycles. The molecule has 3 aromatic heterocycles. The van der Waals surface area contributed by atoms with Crippen LogP contribution in [0.25, 0.3) is 20.8 Å². The predicted octanol–water partition coefficient (Wildman–Crippen LogP) is 3.02. The Balaban J connectivity index is 1.32. The second kappa shape index (κ2) is 6.31. The summed E-state index contributed by atoms with van der Waals surface area (Å²) in [5.74, 6) is 0.706. The summed E-state index contributed by atoms with van der Waals surface area (Å²) in [4.78, 5) is 17.1. The fraction of sp³-hybridized carbons (Fsp3) is 0.263. The Bertz CT molecular complexity index is 1120. The summed E-state index contributed by atoms with van der Waals surface area (Å²) in [7, 11) is 1.87. The molecule has 1 N–H and O–H groups in total. The van der Waals surface area contributed by atoms with Crippen LogP contribution in [0, 0.1) is 0 Å². The number of amides is 1. The van der Waals surface area contributed by atoms with E-state index >= 15 is 0 Å². The number of hydrogen-bond acceptors (Lipinski definition) is 5. The lowest BCUT2D eigenvalue weighted by atomic mass is 10.2. The number of para-hydroxylation sites is 1. The second-order valence-corrected chi connectivity index (χ2v) is 7.74. The van der Waals surface area contributed by atoms with Gasteiger partial charge in [0.1, 0.15) is 17.4 Å². The van der Waals surface area contributed by atoms with Crippen molar-refractivity contribution in [1.82, 2.24) is 24.5 Å². The van der Waals surface area contributed by atoms with E-state index in [1.54, 1.807) is 26.9 Å². The maximum atomic E-state index is 12.5. The van der Waals surface area contributed by atoms with Crippen LogP contribution in [0.15, 0.2) is 36.7 Å². The maximum Gasteiger partial charge on any atom is 0.247 e. The van der Waals surface area contributed by atoms with Gasteiger partial charge in [0.05, 0.1) is 22.1 Å². The van der Waals surface area contributed by atoms with Crippen LogP contribution >= 0.6 is 11.3 Å². The number of rotatable bonds is 4. The second-order valence-electron chi connectivity index (χ2n) is 6.71. The number of carbonyl (C=O) groups excluding carboxylic acids is 1. The smallest absolute Gasteiger partial charge is 0.247 e. The highest BCUT2D eigenvalue weighted by molar-refractivity contribution is 7.21. The molecule has 1 aliphatic rings. The van der Waals surface area contributed by atoms with Gasteiger partial charge in [0.2, 0.25) is 5.91 Å². The first-order valence-electron chi connectivity index (χ1n) is 8.90. The molecule has 0 saturated carbocycles. The van der Waals surface area contributed by atoms with E-state index in [1.165, 1.54) is 5.56 Å². The SMILES string of the molecule is Cn1nc2c(c1NC(=O)Cn1cc(-c3nc4ccccc4s3)cn1)CCC2. The highest BCUT2D eigenvalue weighted by Gasteiger charge is 2.22. The van der Waals surface area contributed by atoms with Crippen molar-refractivity contribution < 1.29 is 4.79 Å². The molecule has 4 aromatic rings. The molecule has 7 nitrogen and oxygen atoms in total. The van der Waals surface area contributed by atoms with Gasteiger partial charge in [0.15, 0.2) is 0 Å². The van der Waals surface area contributed by atoms with Crippen molar-refractivity contribution in [2.24, 2.45) is 7.05 Å². The average Bonchev–Trinajstić information content (AvgIpc) is 3.40. The normalized spacial score (nSPS) is 13.2. The van der Waals surface area contributed by atoms with E-state index in [9.17, 15) is 4.79 Å². The van der Waals surface area contributed by atoms with Gasteiger partial charge in [-0.3, -0.25) is 14.2 Å². The molecule has 5 rings (SSSR count). The number of benzene rings is 1. The van der Waals surface area contributed by atoms with Crippen LogP contribution in [0.1, 0.15) is 17.7 Å². The summed E-state index contributed by atoms with van der Waals surface area (Å²) in [5.41, 5.74) is 4.17. The Kier molecular flexibility index (Phi) is 3.78. The number of nitrogens with one attached hydrogen (secondary N) is 1. The third-order valence-electron chi connectivity index (χ3n) is 4.81. The number of thiazole rings is 1. The first kappa shape index (κ1) is 16.2. The summed E-state index contributed by atoms with van der Waals surface area (Å²) < 4.78 is 4.55. The molecule has 1 aromatic carbocycles. The van der Waals surface area contributed by atoms with Crippen molar-refractivity contribution in [2.45, 2.75) is 25.8 Å². The summed E-state index contributed by atoms with van der Waals surface area (Å²) in [6, 6.07) is 8.04. The molecule has 0 spiro atoms. The lowest BCUT2D eigenvalue weighted by Gasteiger charge is -2.07. The molecule has 1 amide bonds. The van der Waals surface area contributed by atoms with Crippen molar-refractivity contribution in [3.63, 3.8) is 0 Å². The number of aromatic nitrogens is 5. The van der Waals surface area contributed by atoms with E-state index < -0.39 is 0 Å². The number of carbonyl (C=O) groups is 1. The van der Waals surface area contributed by atoms with Crippen molar-refractivity contribution in [1.29, 1.82) is 0 Å². The molecule has 0 unspecified atom stereocenters. The van der Waals surface area contributed by atoms with Crippen molar-refractivity contribution in [3.8, 4) is 10.6 Å². The molecule has 0 aliphatic heterocycles. The summed E-state index contributed by atoms with van der Waals surface area (Å²) in [6.07, 6.45) is 6.69. The van der Waals surface area contributed by atoms with Gasteiger partial charge in [0.25, 0.3) is 0 Å². The minimum atomic E-state index is -0.105. The quantitative estimate of drug-likeness (QED) is 0.592. The predicted molar refractivity (Wildman–Crippen MR) is 105 cm³/mol. The van der Waals surface area contributed by atoms with E-state index in [4.69, 9.17) is 0 Å². The average molecular weight is 378 g/mol. The zero-order valence-corrected chi connectivity index (χ0v) is 15.7. The van der Waals surface area contributed by atoms with Crippen molar-refractivity contribution in [2.75, 3.05) is 5.32 Å². The van der Waals surface area contributed by atoms with Crippen LogP contribution < -0.4 is 5.32 Å². The molecular weight excluding hydrogens is 360 g/mol. The van der Waals surface area contributed by atoms with Gasteiger partial charge in [-0.1, -0.05) is 12.1 Å². The van der Waals surface area contributed by atoms with Crippen LogP contribution in [0.4, 0.5) is 5.82 Å². The molecule has 0 radical (unpaired) electrons. The third kappa shape index (κ3) is 2.91. The van der Waals surface area contributed by atoms with Gasteiger partial charge in [-0.05, 0) is 31.4 Å². The molecule has 0 atom stereocenters. The number of aryl methyl sites for hydroxylation is 2. The maximum absolute atomic E-state index is 12.5. The van der Waals surface area contributed by atoms with Crippen LogP contribution in [0.2, 0.25) is 0 Å². The first-order chi connectivity index (χ1) is 13.2. The number of fused-ring (bicyclic) bond motifs is 2. The van der Waals surface area contributed by atoms with Crippen LogP contribution in [0.5, 0.6) is 0 Å². The Hall–Kier alpha value is -3.00. The standard InChI is InChI=1S/C19H18N6OS/c1-24-18(13-5-4-7-14(13)23-24)22-17(26)11-25-10-12(9-20-25)19-21-15-6-2-3-8-16(15)27-19/h2-3,6,8-10H,4-5,7,11H2,1H3,(H,22,26). The highest BCUT2D eigenvalue weighted by Crippen LogP contribution is 2.30. The molecular formula is C19H18N6OS. The van der Waals surface area contributed by atoms with Gasteiger partial charge in [-0.25, -0.2) is 4.98 Å². The van der Waals surface area contributed by atoms with Crippen LogP contribution in [-0.2, 0) is 31.2 Å². The van der Waals surface area contributed by atoms with E-state index in [0.29, 0.717) is 0 Å². The van der Waals surface area contributed by atoms with E-state index in [0.717, 1.165) is 51.6 Å². The fourth-order valence-corrected chi connectivity index (χ4v) is 4.49. The summed E-state index contributed by atoms with van der Waals surface area (Å²) in [6.45, 7) is 0.158. The van der Waals surface area contributed by atoms with Gasteiger partial charge >= 0.3 is 0 Å². The lowest BCUT2D eigenvalue weighted by Crippen LogP contribution is -2.21. The minimum absolute atomic E-state index is 0.105. The molecule has 8 heteroatoms. The van der Waals surface area contributed by atoms with Crippen molar-refractivity contribution in [3.05, 3.63) is 47.9 Å². The van der Waals surface area contributed by atoms with Gasteiger partial charge in [0, 0.05) is 24.4 Å². The van der Waals surface area contributed by atoms with Gasteiger partial charge in [-0.2, -0.15) is 10.2 Å². The Morgan fingerprint density at radius 1 is 1.30 bits per heavy atom. The zero-order valence-electron chi connectivity index (χ0n) is 14.8. The van der Waals surface area contributed by atoms with Crippen LogP contribution in [-0.4, -0.2) is 30.5 Å². The van der Waals surface area contributed by atoms with Crippen LogP contribution in [0.3, 0.4) is 0 Å². The minimum Gasteiger partial charge on any atom is -0.309 e. The molecule has 27 heavy (non-hydrogen) atoms. The summed E-state index contributed by atoms with van der Waals surface area (Å²) in [5, 5.41) is 12.7. The monoisotopic (exact) mass is 378 g/mol. The van der Waals surface area contributed by atoms with E-state index in [-0.39, 0.29) is 12.5 Å². The topological polar surface area (TPSA) is 77.6 Å².